The molecule has 0 amide bonds. The predicted octanol–water partition coefficient (Wildman–Crippen LogP) is 5.19. The van der Waals surface area contributed by atoms with Gasteiger partial charge in [-0.25, -0.2) is 0 Å². The summed E-state index contributed by atoms with van der Waals surface area (Å²) in [6.07, 6.45) is 1.29. The van der Waals surface area contributed by atoms with E-state index in [-0.39, 0.29) is 0 Å². The molecular formula is C18H17FN6O4. The lowest BCUT2D eigenvalue weighted by atomic mass is 10.2. The molecule has 10 nitrogen and oxygen atoms in total. The number of nitrogens with zero attached hydrogens (tertiary/aromatic N) is 6. The SMILES string of the molecule is CCCN(CCC#N)c1ccc(N=Nc2cc(F)c([N+](=O)[O-])cc2[N+](=O)[O-])cc1. The molecule has 0 heterocycles. The Morgan fingerprint density at radius 2 is 1.72 bits per heavy atom. The van der Waals surface area contributed by atoms with Crippen molar-refractivity contribution < 1.29 is 14.2 Å². The van der Waals surface area contributed by atoms with Crippen LogP contribution in [0, 0.1) is 37.4 Å². The van der Waals surface area contributed by atoms with Crippen LogP contribution in [0.25, 0.3) is 0 Å². The molecule has 0 N–H and O–H groups in total. The largest absolute Gasteiger partial charge is 0.371 e. The highest BCUT2D eigenvalue weighted by Crippen LogP contribution is 2.35. The van der Waals surface area contributed by atoms with Crippen LogP contribution in [0.3, 0.4) is 0 Å². The molecule has 0 saturated heterocycles. The second-order valence-corrected chi connectivity index (χ2v) is 5.92. The van der Waals surface area contributed by atoms with Gasteiger partial charge in [0.2, 0.25) is 5.82 Å². The molecule has 0 aromatic heterocycles. The zero-order chi connectivity index (χ0) is 21.4. The Morgan fingerprint density at radius 3 is 2.28 bits per heavy atom. The summed E-state index contributed by atoms with van der Waals surface area (Å²) in [5.41, 5.74) is -0.909. The van der Waals surface area contributed by atoms with Crippen molar-refractivity contribution in [2.75, 3.05) is 18.0 Å². The van der Waals surface area contributed by atoms with E-state index < -0.39 is 32.7 Å². The Bertz CT molecular complexity index is 972. The average molecular weight is 400 g/mol. The zero-order valence-corrected chi connectivity index (χ0v) is 15.5. The third kappa shape index (κ3) is 5.52. The van der Waals surface area contributed by atoms with Crippen LogP contribution in [-0.2, 0) is 0 Å². The Balaban J connectivity index is 2.28. The van der Waals surface area contributed by atoms with Gasteiger partial charge in [-0.1, -0.05) is 6.92 Å². The highest BCUT2D eigenvalue weighted by molar-refractivity contribution is 5.62. The first-order chi connectivity index (χ1) is 13.9. The highest BCUT2D eigenvalue weighted by atomic mass is 19.1. The van der Waals surface area contributed by atoms with Crippen molar-refractivity contribution in [1.29, 1.82) is 5.26 Å². The fourth-order valence-corrected chi connectivity index (χ4v) is 2.57. The Hall–Kier alpha value is -3.94. The monoisotopic (exact) mass is 400 g/mol. The Labute approximate surface area is 165 Å². The summed E-state index contributed by atoms with van der Waals surface area (Å²) in [5, 5.41) is 38.2. The summed E-state index contributed by atoms with van der Waals surface area (Å²) in [7, 11) is 0. The third-order valence-corrected chi connectivity index (χ3v) is 3.91. The number of anilines is 1. The molecule has 0 aliphatic carbocycles. The number of nitriles is 1. The second-order valence-electron chi connectivity index (χ2n) is 5.92. The number of hydrogen-bond acceptors (Lipinski definition) is 8. The van der Waals surface area contributed by atoms with Crippen molar-refractivity contribution in [3.63, 3.8) is 0 Å². The van der Waals surface area contributed by atoms with E-state index in [0.717, 1.165) is 18.7 Å². The maximum atomic E-state index is 13.8. The fraction of sp³-hybridized carbons (Fsp3) is 0.278. The van der Waals surface area contributed by atoms with Crippen LogP contribution in [0.1, 0.15) is 19.8 Å². The first-order valence-electron chi connectivity index (χ1n) is 8.63. The quantitative estimate of drug-likeness (QED) is 0.322. The summed E-state index contributed by atoms with van der Waals surface area (Å²) < 4.78 is 13.8. The summed E-state index contributed by atoms with van der Waals surface area (Å²) in [5.74, 6) is -1.24. The van der Waals surface area contributed by atoms with Gasteiger partial charge in [0.25, 0.3) is 0 Å². The van der Waals surface area contributed by atoms with Gasteiger partial charge in [0.15, 0.2) is 5.69 Å². The van der Waals surface area contributed by atoms with Crippen molar-refractivity contribution in [1.82, 2.24) is 0 Å². The Kier molecular flexibility index (Phi) is 7.25. The number of nitro groups is 2. The lowest BCUT2D eigenvalue weighted by Gasteiger charge is -2.23. The molecule has 0 saturated carbocycles. The topological polar surface area (TPSA) is 138 Å². The normalized spacial score (nSPS) is 10.7. The van der Waals surface area contributed by atoms with Crippen LogP contribution >= 0.6 is 0 Å². The molecule has 2 aromatic carbocycles. The van der Waals surface area contributed by atoms with Gasteiger partial charge in [-0.3, -0.25) is 20.2 Å². The molecule has 0 bridgehead atoms. The molecule has 0 radical (unpaired) electrons. The lowest BCUT2D eigenvalue weighted by molar-refractivity contribution is -0.395. The van der Waals surface area contributed by atoms with Gasteiger partial charge in [0.1, 0.15) is 0 Å². The van der Waals surface area contributed by atoms with Crippen molar-refractivity contribution in [2.45, 2.75) is 19.8 Å². The van der Waals surface area contributed by atoms with Crippen LogP contribution in [0.15, 0.2) is 46.6 Å². The van der Waals surface area contributed by atoms with E-state index in [0.29, 0.717) is 30.8 Å². The summed E-state index contributed by atoms with van der Waals surface area (Å²) in [6, 6.07) is 10.0. The fourth-order valence-electron chi connectivity index (χ4n) is 2.57. The Morgan fingerprint density at radius 1 is 1.07 bits per heavy atom. The van der Waals surface area contributed by atoms with E-state index in [1.807, 2.05) is 11.8 Å². The minimum atomic E-state index is -1.24. The van der Waals surface area contributed by atoms with Crippen LogP contribution in [0.4, 0.5) is 32.8 Å². The van der Waals surface area contributed by atoms with Crippen molar-refractivity contribution in [3.8, 4) is 6.07 Å². The van der Waals surface area contributed by atoms with Gasteiger partial charge in [-0.15, -0.1) is 5.11 Å². The maximum absolute atomic E-state index is 13.8. The number of benzene rings is 2. The number of halogens is 1. The molecule has 2 aromatic rings. The van der Waals surface area contributed by atoms with Crippen molar-refractivity contribution in [2.24, 2.45) is 10.2 Å². The molecule has 150 valence electrons. The summed E-state index contributed by atoms with van der Waals surface area (Å²) in [6.45, 7) is 3.38. The molecule has 0 aliphatic heterocycles. The number of azo groups is 1. The smallest absolute Gasteiger partial charge is 0.311 e. The second kappa shape index (κ2) is 9.84. The van der Waals surface area contributed by atoms with E-state index >= 15 is 0 Å². The van der Waals surface area contributed by atoms with Gasteiger partial charge >= 0.3 is 11.4 Å². The van der Waals surface area contributed by atoms with Crippen LogP contribution in [0.5, 0.6) is 0 Å². The molecule has 0 spiro atoms. The molecule has 0 fully saturated rings. The first kappa shape index (κ1) is 21.4. The van der Waals surface area contributed by atoms with Gasteiger partial charge in [0.05, 0.1) is 34.1 Å². The van der Waals surface area contributed by atoms with Gasteiger partial charge in [0, 0.05) is 24.8 Å². The molecule has 0 unspecified atom stereocenters. The maximum Gasteiger partial charge on any atom is 0.311 e. The van der Waals surface area contributed by atoms with E-state index in [9.17, 15) is 24.6 Å². The van der Waals surface area contributed by atoms with E-state index in [4.69, 9.17) is 5.26 Å². The third-order valence-electron chi connectivity index (χ3n) is 3.91. The number of rotatable bonds is 9. The first-order valence-corrected chi connectivity index (χ1v) is 8.63. The molecule has 0 atom stereocenters. The standard InChI is InChI=1S/C18H17FN6O4/c1-2-9-23(10-3-8-20)14-6-4-13(5-7-14)21-22-16-11-15(19)17(24(26)27)12-18(16)25(28)29/h4-7,11-12H,2-3,9-10H2,1H3. The zero-order valence-electron chi connectivity index (χ0n) is 15.5. The van der Waals surface area contributed by atoms with Gasteiger partial charge in [-0.2, -0.15) is 14.8 Å². The summed E-state index contributed by atoms with van der Waals surface area (Å²) >= 11 is 0. The summed E-state index contributed by atoms with van der Waals surface area (Å²) in [4.78, 5) is 22.0. The predicted molar refractivity (Wildman–Crippen MR) is 103 cm³/mol. The van der Waals surface area contributed by atoms with E-state index in [1.165, 1.54) is 0 Å². The molecule has 2 rings (SSSR count). The van der Waals surface area contributed by atoms with Crippen LogP contribution < -0.4 is 4.90 Å². The highest BCUT2D eigenvalue weighted by Gasteiger charge is 2.24. The van der Waals surface area contributed by atoms with Gasteiger partial charge < -0.3 is 4.90 Å². The minimum absolute atomic E-state index is 0.360. The van der Waals surface area contributed by atoms with Crippen molar-refractivity contribution >= 4 is 28.4 Å². The van der Waals surface area contributed by atoms with E-state index in [1.54, 1.807) is 24.3 Å². The molecule has 11 heteroatoms. The van der Waals surface area contributed by atoms with Gasteiger partial charge in [-0.05, 0) is 30.7 Å². The minimum Gasteiger partial charge on any atom is -0.371 e. The molecule has 0 aliphatic rings. The molecular weight excluding hydrogens is 383 g/mol. The van der Waals surface area contributed by atoms with Crippen LogP contribution in [0.2, 0.25) is 0 Å². The van der Waals surface area contributed by atoms with Crippen molar-refractivity contribution in [3.05, 3.63) is 62.4 Å². The lowest BCUT2D eigenvalue weighted by Crippen LogP contribution is -2.24. The van der Waals surface area contributed by atoms with Crippen LogP contribution in [-0.4, -0.2) is 22.9 Å². The number of nitro benzene ring substituents is 2. The van der Waals surface area contributed by atoms with E-state index in [2.05, 4.69) is 16.3 Å². The number of hydrogen-bond donors (Lipinski definition) is 0. The molecule has 29 heavy (non-hydrogen) atoms. The average Bonchev–Trinajstić information content (AvgIpc) is 2.69.